The summed E-state index contributed by atoms with van der Waals surface area (Å²) in [6, 6.07) is 1.31. The maximum Gasteiger partial charge on any atom is 0.416 e. The molecule has 0 radical (unpaired) electrons. The number of aryl methyl sites for hydroxylation is 1. The van der Waals surface area contributed by atoms with Crippen molar-refractivity contribution in [3.05, 3.63) is 33.4 Å². The van der Waals surface area contributed by atoms with Crippen molar-refractivity contribution in [1.29, 1.82) is 0 Å². The number of alkyl halides is 3. The maximum atomic E-state index is 14.0. The summed E-state index contributed by atoms with van der Waals surface area (Å²) >= 11 is 11.8. The fraction of sp³-hybridized carbons (Fsp3) is 0.231. The Morgan fingerprint density at radius 2 is 1.75 bits per heavy atom. The van der Waals surface area contributed by atoms with Crippen LogP contribution in [0.25, 0.3) is 5.69 Å². The zero-order chi connectivity index (χ0) is 18.4. The Morgan fingerprint density at radius 3 is 2.17 bits per heavy atom. The highest BCUT2D eigenvalue weighted by Gasteiger charge is 2.33. The van der Waals surface area contributed by atoms with Crippen LogP contribution in [-0.4, -0.2) is 14.9 Å². The second-order valence-electron chi connectivity index (χ2n) is 4.72. The molecule has 1 aromatic heterocycles. The monoisotopic (exact) mass is 405 g/mol. The smallest absolute Gasteiger partial charge is 0.383 e. The summed E-state index contributed by atoms with van der Waals surface area (Å²) in [6.45, 7) is 2.33. The van der Waals surface area contributed by atoms with Crippen molar-refractivity contribution in [2.45, 2.75) is 24.9 Å². The van der Waals surface area contributed by atoms with Gasteiger partial charge in [-0.2, -0.15) is 22.2 Å². The fourth-order valence-electron chi connectivity index (χ4n) is 1.99. The largest absolute Gasteiger partial charge is 0.416 e. The van der Waals surface area contributed by atoms with E-state index in [1.165, 1.54) is 6.92 Å². The van der Waals surface area contributed by atoms with Gasteiger partial charge in [0.15, 0.2) is 5.12 Å². The number of hydrogen-bond acceptors (Lipinski definition) is 2. The van der Waals surface area contributed by atoms with Gasteiger partial charge in [0.05, 0.1) is 32.2 Å². The molecule has 2 rings (SSSR count). The van der Waals surface area contributed by atoms with Crippen LogP contribution in [0.15, 0.2) is 17.0 Å². The normalized spacial score (nSPS) is 14.0. The van der Waals surface area contributed by atoms with Gasteiger partial charge in [0, 0.05) is 0 Å². The molecule has 0 bridgehead atoms. The molecule has 0 fully saturated rings. The van der Waals surface area contributed by atoms with Gasteiger partial charge in [0.2, 0.25) is 0 Å². The van der Waals surface area contributed by atoms with Crippen molar-refractivity contribution in [3.63, 3.8) is 0 Å². The topological polar surface area (TPSA) is 43.8 Å². The van der Waals surface area contributed by atoms with Gasteiger partial charge < -0.3 is 5.73 Å². The summed E-state index contributed by atoms with van der Waals surface area (Å²) < 4.78 is 66.4. The standard InChI is InChI=1S/C13H10Cl2F5N3S/c1-5-11(24(20)6(2)16)12(21)23(22-5)10-8(14)3-7(4-9(10)15)13(17,18)19/h3-4H,21H2,1-2H3. The van der Waals surface area contributed by atoms with Crippen molar-refractivity contribution in [2.75, 3.05) is 5.73 Å². The number of hydrogen-bond donors (Lipinski definition) is 1. The van der Waals surface area contributed by atoms with Crippen LogP contribution in [0.3, 0.4) is 0 Å². The van der Waals surface area contributed by atoms with Crippen molar-refractivity contribution in [3.8, 4) is 5.69 Å². The van der Waals surface area contributed by atoms with Crippen molar-refractivity contribution >= 4 is 45.0 Å². The van der Waals surface area contributed by atoms with E-state index in [1.54, 1.807) is 0 Å². The van der Waals surface area contributed by atoms with Crippen LogP contribution in [0, 0.1) is 6.92 Å². The van der Waals surface area contributed by atoms with E-state index >= 15 is 0 Å². The summed E-state index contributed by atoms with van der Waals surface area (Å²) in [5.41, 5.74) is 4.66. The van der Waals surface area contributed by atoms with Gasteiger partial charge in [-0.15, -0.1) is 0 Å². The van der Waals surface area contributed by atoms with Crippen LogP contribution in [0.4, 0.5) is 27.3 Å². The van der Waals surface area contributed by atoms with E-state index < -0.39 is 27.7 Å². The molecule has 1 atom stereocenters. The molecule has 0 amide bonds. The number of aromatic nitrogens is 2. The highest BCUT2D eigenvalue weighted by atomic mass is 35.5. The van der Waals surface area contributed by atoms with Gasteiger partial charge in [0.1, 0.15) is 16.4 Å². The molecule has 0 saturated carbocycles. The average molecular weight is 406 g/mol. The third-order valence-corrected chi connectivity index (χ3v) is 4.95. The van der Waals surface area contributed by atoms with Gasteiger partial charge >= 0.3 is 6.18 Å². The lowest BCUT2D eigenvalue weighted by Crippen LogP contribution is -2.08. The molecule has 2 aromatic rings. The number of nitrogens with two attached hydrogens (primary N) is 1. The summed E-state index contributed by atoms with van der Waals surface area (Å²) in [5.74, 6) is -0.293. The molecule has 3 nitrogen and oxygen atoms in total. The van der Waals surface area contributed by atoms with Gasteiger partial charge in [-0.1, -0.05) is 23.2 Å². The van der Waals surface area contributed by atoms with Gasteiger partial charge in [0.25, 0.3) is 0 Å². The van der Waals surface area contributed by atoms with E-state index in [1.807, 2.05) is 0 Å². The predicted octanol–water partition coefficient (Wildman–Crippen LogP) is 5.72. The number of benzene rings is 1. The SMILES string of the molecule is C/C(F)=S(/F)c1c(C)nn(-c2c(Cl)cc(C(F)(F)F)cc2Cl)c1N. The lowest BCUT2D eigenvalue weighted by molar-refractivity contribution is -0.137. The molecule has 0 spiro atoms. The summed E-state index contributed by atoms with van der Waals surface area (Å²) in [6.07, 6.45) is -4.64. The molecule has 0 saturated heterocycles. The molecule has 24 heavy (non-hydrogen) atoms. The molecular formula is C13H10Cl2F5N3S. The predicted molar refractivity (Wildman–Crippen MR) is 86.5 cm³/mol. The third kappa shape index (κ3) is 3.38. The summed E-state index contributed by atoms with van der Waals surface area (Å²) in [5, 5.41) is 2.16. The molecule has 0 aliphatic rings. The van der Waals surface area contributed by atoms with Crippen LogP contribution in [-0.2, 0) is 6.18 Å². The molecule has 0 aliphatic heterocycles. The van der Waals surface area contributed by atoms with Gasteiger partial charge in [-0.3, -0.25) is 0 Å². The first-order valence-electron chi connectivity index (χ1n) is 6.26. The lowest BCUT2D eigenvalue weighted by atomic mass is 10.2. The van der Waals surface area contributed by atoms with E-state index in [2.05, 4.69) is 5.10 Å². The quantitative estimate of drug-likeness (QED) is 0.394. The molecule has 132 valence electrons. The summed E-state index contributed by atoms with van der Waals surface area (Å²) in [7, 11) is -2.42. The van der Waals surface area contributed by atoms with Crippen LogP contribution >= 0.6 is 34.1 Å². The number of halogens is 7. The van der Waals surface area contributed by atoms with Crippen LogP contribution in [0.2, 0.25) is 10.0 Å². The third-order valence-electron chi connectivity index (χ3n) is 3.02. The van der Waals surface area contributed by atoms with E-state index in [9.17, 15) is 21.4 Å². The lowest BCUT2D eigenvalue weighted by Gasteiger charge is -2.13. The van der Waals surface area contributed by atoms with E-state index in [4.69, 9.17) is 28.9 Å². The van der Waals surface area contributed by atoms with Crippen LogP contribution in [0.1, 0.15) is 18.2 Å². The van der Waals surface area contributed by atoms with Crippen molar-refractivity contribution in [2.24, 2.45) is 0 Å². The second-order valence-corrected chi connectivity index (χ2v) is 7.02. The maximum absolute atomic E-state index is 14.0. The van der Waals surface area contributed by atoms with Crippen LogP contribution < -0.4 is 5.73 Å². The number of anilines is 1. The first-order valence-corrected chi connectivity index (χ1v) is 8.14. The minimum absolute atomic E-state index is 0.0716. The minimum atomic E-state index is -4.64. The first-order chi connectivity index (χ1) is 10.9. The number of nitrogen functional groups attached to an aromatic ring is 1. The molecule has 1 unspecified atom stereocenters. The molecule has 1 heterocycles. The number of nitrogens with zero attached hydrogens (tertiary/aromatic N) is 2. The van der Waals surface area contributed by atoms with Crippen LogP contribution in [0.5, 0.6) is 0 Å². The fourth-order valence-corrected chi connectivity index (χ4v) is 3.49. The Labute approximate surface area is 146 Å². The average Bonchev–Trinajstić information content (AvgIpc) is 2.71. The second kappa shape index (κ2) is 6.53. The Balaban J connectivity index is 2.71. The molecule has 2 N–H and O–H groups in total. The van der Waals surface area contributed by atoms with Crippen molar-refractivity contribution in [1.82, 2.24) is 9.78 Å². The van der Waals surface area contributed by atoms with Gasteiger partial charge in [-0.05, 0) is 26.0 Å². The zero-order valence-corrected chi connectivity index (χ0v) is 14.5. The van der Waals surface area contributed by atoms with Gasteiger partial charge in [-0.25, -0.2) is 9.07 Å². The van der Waals surface area contributed by atoms with Crippen molar-refractivity contribution < 1.29 is 21.4 Å². The Morgan fingerprint density at radius 1 is 1.25 bits per heavy atom. The Bertz CT molecular complexity index is 818. The molecule has 0 aliphatic carbocycles. The molecule has 11 heteroatoms. The summed E-state index contributed by atoms with van der Waals surface area (Å²) in [4.78, 5) is -0.206. The molecule has 1 aromatic carbocycles. The number of rotatable bonds is 2. The Hall–Kier alpha value is -1.32. The first kappa shape index (κ1) is 19.0. The molecular weight excluding hydrogens is 396 g/mol. The zero-order valence-electron chi connectivity index (χ0n) is 12.2. The van der Waals surface area contributed by atoms with E-state index in [0.29, 0.717) is 12.1 Å². The van der Waals surface area contributed by atoms with E-state index in [0.717, 1.165) is 11.6 Å². The highest BCUT2D eigenvalue weighted by Crippen LogP contribution is 2.42. The Kier molecular flexibility index (Phi) is 5.17. The minimum Gasteiger partial charge on any atom is -0.383 e. The van der Waals surface area contributed by atoms with E-state index in [-0.39, 0.29) is 32.1 Å². The highest BCUT2D eigenvalue weighted by molar-refractivity contribution is 8.11.